The molecule has 1 saturated heterocycles. The molecule has 0 atom stereocenters. The van der Waals surface area contributed by atoms with Crippen LogP contribution in [-0.4, -0.2) is 59.0 Å². The number of ether oxygens (including phenoxy) is 3. The number of aromatic nitrogens is 2. The molecule has 0 aromatic carbocycles. The molecule has 1 aliphatic rings. The van der Waals surface area contributed by atoms with E-state index in [4.69, 9.17) is 14.2 Å². The number of esters is 2. The van der Waals surface area contributed by atoms with Crippen LogP contribution in [0.5, 0.6) is 11.6 Å². The van der Waals surface area contributed by atoms with Gasteiger partial charge in [-0.2, -0.15) is 0 Å². The topological polar surface area (TPSA) is 108 Å². The van der Waals surface area contributed by atoms with Gasteiger partial charge in [-0.1, -0.05) is 0 Å². The maximum absolute atomic E-state index is 12.5. The normalized spacial score (nSPS) is 14.1. The van der Waals surface area contributed by atoms with Crippen molar-refractivity contribution in [3.05, 3.63) is 48.4 Å². The van der Waals surface area contributed by atoms with Crippen molar-refractivity contribution in [3.63, 3.8) is 0 Å². The molecular weight excluding hydrogens is 390 g/mol. The molecule has 1 amide bonds. The second-order valence-electron chi connectivity index (χ2n) is 6.63. The second kappa shape index (κ2) is 10.3. The van der Waals surface area contributed by atoms with Crippen molar-refractivity contribution in [1.29, 1.82) is 0 Å². The van der Waals surface area contributed by atoms with Crippen LogP contribution in [0.2, 0.25) is 0 Å². The Bertz CT molecular complexity index is 881. The Morgan fingerprint density at radius 1 is 1.10 bits per heavy atom. The van der Waals surface area contributed by atoms with E-state index in [9.17, 15) is 14.4 Å². The van der Waals surface area contributed by atoms with Gasteiger partial charge in [-0.15, -0.1) is 0 Å². The van der Waals surface area contributed by atoms with Gasteiger partial charge in [0.2, 0.25) is 5.88 Å². The summed E-state index contributed by atoms with van der Waals surface area (Å²) in [6.07, 6.45) is 5.64. The van der Waals surface area contributed by atoms with Crippen molar-refractivity contribution in [1.82, 2.24) is 14.9 Å². The summed E-state index contributed by atoms with van der Waals surface area (Å²) in [5, 5.41) is 0. The van der Waals surface area contributed by atoms with Gasteiger partial charge in [-0.3, -0.25) is 14.6 Å². The third kappa shape index (κ3) is 5.53. The molecule has 1 fully saturated rings. The van der Waals surface area contributed by atoms with Gasteiger partial charge in [0.15, 0.2) is 6.61 Å². The lowest BCUT2D eigenvalue weighted by molar-refractivity contribution is -0.151. The van der Waals surface area contributed by atoms with E-state index in [0.29, 0.717) is 38.3 Å². The summed E-state index contributed by atoms with van der Waals surface area (Å²) in [6, 6.07) is 6.46. The average molecular weight is 413 g/mol. The van der Waals surface area contributed by atoms with Crippen molar-refractivity contribution < 1.29 is 28.6 Å². The maximum Gasteiger partial charge on any atom is 0.344 e. The largest absolute Gasteiger partial charge is 0.466 e. The van der Waals surface area contributed by atoms with Crippen molar-refractivity contribution in [2.45, 2.75) is 19.8 Å². The third-order valence-corrected chi connectivity index (χ3v) is 4.63. The molecule has 158 valence electrons. The van der Waals surface area contributed by atoms with Crippen molar-refractivity contribution in [2.24, 2.45) is 5.92 Å². The Morgan fingerprint density at radius 3 is 2.57 bits per heavy atom. The first-order chi connectivity index (χ1) is 14.6. The molecule has 3 rings (SSSR count). The summed E-state index contributed by atoms with van der Waals surface area (Å²) < 4.78 is 15.8. The number of piperidine rings is 1. The van der Waals surface area contributed by atoms with Crippen LogP contribution in [0.3, 0.4) is 0 Å². The third-order valence-electron chi connectivity index (χ3n) is 4.63. The van der Waals surface area contributed by atoms with Gasteiger partial charge in [0.1, 0.15) is 11.3 Å². The van der Waals surface area contributed by atoms with Gasteiger partial charge in [0.25, 0.3) is 5.91 Å². The van der Waals surface area contributed by atoms with E-state index in [2.05, 4.69) is 9.97 Å². The SMILES string of the molecule is CCOC(=O)C1CCN(C(=O)COC(=O)c2cccnc2Oc2cccnc2)CC1. The lowest BCUT2D eigenvalue weighted by Crippen LogP contribution is -2.42. The highest BCUT2D eigenvalue weighted by Gasteiger charge is 2.28. The van der Waals surface area contributed by atoms with Gasteiger partial charge >= 0.3 is 11.9 Å². The molecule has 2 aromatic heterocycles. The van der Waals surface area contributed by atoms with Gasteiger partial charge in [-0.05, 0) is 44.0 Å². The summed E-state index contributed by atoms with van der Waals surface area (Å²) >= 11 is 0. The Labute approximate surface area is 174 Å². The van der Waals surface area contributed by atoms with Crippen LogP contribution >= 0.6 is 0 Å². The van der Waals surface area contributed by atoms with E-state index in [-0.39, 0.29) is 29.2 Å². The number of hydrogen-bond acceptors (Lipinski definition) is 8. The minimum Gasteiger partial charge on any atom is -0.466 e. The van der Waals surface area contributed by atoms with Crippen LogP contribution in [0.25, 0.3) is 0 Å². The lowest BCUT2D eigenvalue weighted by Gasteiger charge is -2.30. The molecule has 0 saturated carbocycles. The fraction of sp³-hybridized carbons (Fsp3) is 0.381. The molecule has 0 unspecified atom stereocenters. The summed E-state index contributed by atoms with van der Waals surface area (Å²) in [6.45, 7) is 2.55. The molecule has 30 heavy (non-hydrogen) atoms. The lowest BCUT2D eigenvalue weighted by atomic mass is 9.97. The summed E-state index contributed by atoms with van der Waals surface area (Å²) in [5.41, 5.74) is 0.107. The van der Waals surface area contributed by atoms with Crippen LogP contribution < -0.4 is 4.74 Å². The quantitative estimate of drug-likeness (QED) is 0.636. The molecule has 1 aliphatic heterocycles. The van der Waals surface area contributed by atoms with Crippen LogP contribution in [-0.2, 0) is 19.1 Å². The fourth-order valence-corrected chi connectivity index (χ4v) is 3.07. The number of carbonyl (C=O) groups is 3. The predicted molar refractivity (Wildman–Crippen MR) is 105 cm³/mol. The molecular formula is C21H23N3O6. The van der Waals surface area contributed by atoms with Gasteiger partial charge < -0.3 is 19.1 Å². The highest BCUT2D eigenvalue weighted by molar-refractivity contribution is 5.93. The highest BCUT2D eigenvalue weighted by atomic mass is 16.5. The first-order valence-corrected chi connectivity index (χ1v) is 9.73. The minimum absolute atomic E-state index is 0.0678. The Balaban J connectivity index is 1.52. The average Bonchev–Trinajstić information content (AvgIpc) is 2.78. The number of carbonyl (C=O) groups excluding carboxylic acids is 3. The number of amides is 1. The Hall–Kier alpha value is -3.49. The van der Waals surface area contributed by atoms with Crippen molar-refractivity contribution >= 4 is 17.8 Å². The van der Waals surface area contributed by atoms with E-state index in [0.717, 1.165) is 0 Å². The molecule has 0 bridgehead atoms. The summed E-state index contributed by atoms with van der Waals surface area (Å²) in [4.78, 5) is 46.2. The van der Waals surface area contributed by atoms with Crippen LogP contribution in [0.4, 0.5) is 0 Å². The number of likely N-dealkylation sites (tertiary alicyclic amines) is 1. The zero-order valence-corrected chi connectivity index (χ0v) is 16.7. The molecule has 0 aliphatic carbocycles. The van der Waals surface area contributed by atoms with Crippen molar-refractivity contribution in [2.75, 3.05) is 26.3 Å². The Morgan fingerprint density at radius 2 is 1.87 bits per heavy atom. The van der Waals surface area contributed by atoms with E-state index in [1.54, 1.807) is 36.2 Å². The first kappa shape index (κ1) is 21.2. The predicted octanol–water partition coefficient (Wildman–Crippen LogP) is 2.23. The molecule has 0 N–H and O–H groups in total. The van der Waals surface area contributed by atoms with Gasteiger partial charge in [-0.25, -0.2) is 9.78 Å². The summed E-state index contributed by atoms with van der Waals surface area (Å²) in [5.74, 6) is -0.960. The number of pyridine rings is 2. The van der Waals surface area contributed by atoms with Crippen molar-refractivity contribution in [3.8, 4) is 11.6 Å². The molecule has 2 aromatic rings. The van der Waals surface area contributed by atoms with Crippen LogP contribution in [0.15, 0.2) is 42.9 Å². The standard InChI is InChI=1S/C21H23N3O6/c1-2-28-20(26)15-7-11-24(12-8-15)18(25)14-29-21(27)17-6-4-10-23-19(17)30-16-5-3-9-22-13-16/h3-6,9-10,13,15H,2,7-8,11-12,14H2,1H3. The highest BCUT2D eigenvalue weighted by Crippen LogP contribution is 2.23. The van der Waals surface area contributed by atoms with E-state index in [1.807, 2.05) is 0 Å². The number of nitrogens with zero attached hydrogens (tertiary/aromatic N) is 3. The first-order valence-electron chi connectivity index (χ1n) is 9.73. The summed E-state index contributed by atoms with van der Waals surface area (Å²) in [7, 11) is 0. The van der Waals surface area contributed by atoms with E-state index >= 15 is 0 Å². The maximum atomic E-state index is 12.5. The smallest absolute Gasteiger partial charge is 0.344 e. The molecule has 0 radical (unpaired) electrons. The van der Waals surface area contributed by atoms with Crippen LogP contribution in [0, 0.1) is 5.92 Å². The second-order valence-corrected chi connectivity index (χ2v) is 6.63. The molecule has 9 heteroatoms. The van der Waals surface area contributed by atoms with Gasteiger partial charge in [0.05, 0.1) is 18.7 Å². The number of hydrogen-bond donors (Lipinski definition) is 0. The molecule has 0 spiro atoms. The fourth-order valence-electron chi connectivity index (χ4n) is 3.07. The van der Waals surface area contributed by atoms with Gasteiger partial charge in [0, 0.05) is 25.5 Å². The number of rotatable bonds is 7. The monoisotopic (exact) mass is 413 g/mol. The van der Waals surface area contributed by atoms with E-state index < -0.39 is 12.6 Å². The van der Waals surface area contributed by atoms with Crippen LogP contribution in [0.1, 0.15) is 30.1 Å². The molecule has 3 heterocycles. The Kier molecular flexibility index (Phi) is 7.31. The molecule has 9 nitrogen and oxygen atoms in total. The zero-order chi connectivity index (χ0) is 21.3. The zero-order valence-electron chi connectivity index (χ0n) is 16.7. The minimum atomic E-state index is -0.711. The van der Waals surface area contributed by atoms with E-state index in [1.165, 1.54) is 18.5 Å².